The maximum absolute atomic E-state index is 10.7. The highest BCUT2D eigenvalue weighted by atomic mass is 16.4. The zero-order valence-electron chi connectivity index (χ0n) is 11.1. The van der Waals surface area contributed by atoms with Gasteiger partial charge in [-0.15, -0.1) is 5.10 Å². The highest BCUT2D eigenvalue weighted by Gasteiger charge is 2.09. The average Bonchev–Trinajstić information content (AvgIpc) is 3.02. The predicted octanol–water partition coefficient (Wildman–Crippen LogP) is 0.998. The lowest BCUT2D eigenvalue weighted by Gasteiger charge is -2.05. The first-order valence-corrected chi connectivity index (χ1v) is 6.33. The Kier molecular flexibility index (Phi) is 3.94. The lowest BCUT2D eigenvalue weighted by atomic mass is 10.3. The molecule has 2 aromatic heterocycles. The van der Waals surface area contributed by atoms with E-state index in [9.17, 15) is 4.79 Å². The van der Waals surface area contributed by atoms with Crippen LogP contribution in [-0.4, -0.2) is 35.9 Å². The Labute approximate surface area is 110 Å². The fourth-order valence-corrected chi connectivity index (χ4v) is 1.87. The van der Waals surface area contributed by atoms with Gasteiger partial charge in [0.15, 0.2) is 5.69 Å². The minimum atomic E-state index is -1.06. The Balaban J connectivity index is 2.05. The summed E-state index contributed by atoms with van der Waals surface area (Å²) in [5.41, 5.74) is 2.21. The Bertz CT molecular complexity index is 572. The normalized spacial score (nSPS) is 10.8. The largest absolute Gasteiger partial charge is 0.476 e. The van der Waals surface area contributed by atoms with Crippen molar-refractivity contribution in [3.8, 4) is 0 Å². The maximum atomic E-state index is 10.7. The molecule has 7 nitrogen and oxygen atoms in total. The van der Waals surface area contributed by atoms with Crippen LogP contribution in [-0.2, 0) is 25.9 Å². The molecule has 0 aliphatic rings. The number of carboxylic acid groups (broad SMARTS) is 1. The zero-order valence-corrected chi connectivity index (χ0v) is 11.1. The number of hydrogen-bond donors (Lipinski definition) is 1. The van der Waals surface area contributed by atoms with Gasteiger partial charge in [0, 0.05) is 5.69 Å². The topological polar surface area (TPSA) is 85.8 Å². The Morgan fingerprint density at radius 3 is 2.68 bits per heavy atom. The van der Waals surface area contributed by atoms with Crippen LogP contribution in [0.4, 0.5) is 0 Å². The van der Waals surface area contributed by atoms with Crippen LogP contribution < -0.4 is 0 Å². The molecule has 0 aliphatic heterocycles. The second-order valence-corrected chi connectivity index (χ2v) is 4.23. The van der Waals surface area contributed by atoms with Crippen LogP contribution in [0.2, 0.25) is 0 Å². The molecular formula is C12H17N5O2. The fraction of sp³-hybridized carbons (Fsp3) is 0.500. The minimum Gasteiger partial charge on any atom is -0.476 e. The summed E-state index contributed by atoms with van der Waals surface area (Å²) in [4.78, 5) is 10.7. The lowest BCUT2D eigenvalue weighted by Crippen LogP contribution is -2.11. The molecule has 0 aromatic carbocycles. The number of rotatable bonds is 6. The Morgan fingerprint density at radius 2 is 2.11 bits per heavy atom. The minimum absolute atomic E-state index is 0.0366. The number of aromatic carboxylic acids is 1. The predicted molar refractivity (Wildman–Crippen MR) is 68.0 cm³/mol. The van der Waals surface area contributed by atoms with Crippen molar-refractivity contribution in [2.24, 2.45) is 0 Å². The average molecular weight is 263 g/mol. The molecule has 0 amide bonds. The number of nitrogens with zero attached hydrogens (tertiary/aromatic N) is 5. The summed E-state index contributed by atoms with van der Waals surface area (Å²) < 4.78 is 3.47. The quantitative estimate of drug-likeness (QED) is 0.840. The van der Waals surface area contributed by atoms with Crippen LogP contribution in [0.15, 0.2) is 12.3 Å². The van der Waals surface area contributed by atoms with Crippen LogP contribution in [0.1, 0.15) is 35.7 Å². The van der Waals surface area contributed by atoms with Gasteiger partial charge in [0.25, 0.3) is 0 Å². The smallest absolute Gasteiger partial charge is 0.358 e. The van der Waals surface area contributed by atoms with Crippen molar-refractivity contribution in [2.45, 2.75) is 39.8 Å². The second kappa shape index (κ2) is 5.64. The van der Waals surface area contributed by atoms with E-state index < -0.39 is 5.97 Å². The zero-order chi connectivity index (χ0) is 13.8. The van der Waals surface area contributed by atoms with Crippen molar-refractivity contribution in [1.29, 1.82) is 0 Å². The molecule has 19 heavy (non-hydrogen) atoms. The van der Waals surface area contributed by atoms with Crippen LogP contribution in [0.25, 0.3) is 0 Å². The Morgan fingerprint density at radius 1 is 1.32 bits per heavy atom. The first-order chi connectivity index (χ1) is 9.13. The maximum Gasteiger partial charge on any atom is 0.358 e. The van der Waals surface area contributed by atoms with Gasteiger partial charge >= 0.3 is 5.97 Å². The molecule has 0 radical (unpaired) electrons. The fourth-order valence-electron chi connectivity index (χ4n) is 1.87. The molecule has 2 aromatic rings. The number of aryl methyl sites for hydroxylation is 4. The monoisotopic (exact) mass is 263 g/mol. The van der Waals surface area contributed by atoms with Crippen molar-refractivity contribution in [3.05, 3.63) is 29.3 Å². The van der Waals surface area contributed by atoms with Crippen LogP contribution in [0.3, 0.4) is 0 Å². The number of aromatic nitrogens is 5. The molecule has 7 heteroatoms. The van der Waals surface area contributed by atoms with E-state index in [2.05, 4.69) is 35.3 Å². The first kappa shape index (κ1) is 13.3. The van der Waals surface area contributed by atoms with Gasteiger partial charge in [-0.1, -0.05) is 19.1 Å². The Hall–Kier alpha value is -2.18. The van der Waals surface area contributed by atoms with Crippen molar-refractivity contribution in [2.75, 3.05) is 0 Å². The molecule has 0 bridgehead atoms. The molecule has 1 N–H and O–H groups in total. The van der Waals surface area contributed by atoms with Gasteiger partial charge in [-0.25, -0.2) is 9.48 Å². The molecule has 2 rings (SSSR count). The summed E-state index contributed by atoms with van der Waals surface area (Å²) in [6.07, 6.45) is 3.26. The molecule has 0 saturated heterocycles. The molecule has 0 spiro atoms. The molecule has 0 aliphatic carbocycles. The molecule has 102 valence electrons. The van der Waals surface area contributed by atoms with E-state index in [0.29, 0.717) is 13.1 Å². The van der Waals surface area contributed by atoms with Gasteiger partial charge in [0.2, 0.25) is 0 Å². The summed E-state index contributed by atoms with van der Waals surface area (Å²) >= 11 is 0. The van der Waals surface area contributed by atoms with E-state index in [-0.39, 0.29) is 5.69 Å². The third-order valence-electron chi connectivity index (χ3n) is 2.94. The van der Waals surface area contributed by atoms with Crippen molar-refractivity contribution < 1.29 is 9.90 Å². The molecular weight excluding hydrogens is 246 g/mol. The first-order valence-electron chi connectivity index (χ1n) is 6.33. The van der Waals surface area contributed by atoms with Crippen LogP contribution >= 0.6 is 0 Å². The van der Waals surface area contributed by atoms with Gasteiger partial charge in [0.05, 0.1) is 25.0 Å². The third-order valence-corrected chi connectivity index (χ3v) is 2.94. The van der Waals surface area contributed by atoms with Crippen molar-refractivity contribution >= 4 is 5.97 Å². The standard InChI is InChI=1S/C12H17N5O2/c1-3-9-7-10(4-2)17(14-9)6-5-16-8-11(12(18)19)13-15-16/h7-8H,3-6H2,1-2H3,(H,18,19). The van der Waals surface area contributed by atoms with E-state index in [1.165, 1.54) is 16.6 Å². The van der Waals surface area contributed by atoms with Gasteiger partial charge in [-0.2, -0.15) is 5.10 Å². The van der Waals surface area contributed by atoms with Crippen molar-refractivity contribution in [1.82, 2.24) is 24.8 Å². The number of carboxylic acids is 1. The van der Waals surface area contributed by atoms with Crippen molar-refractivity contribution in [3.63, 3.8) is 0 Å². The van der Waals surface area contributed by atoms with Gasteiger partial charge in [-0.3, -0.25) is 4.68 Å². The SMILES string of the molecule is CCc1cc(CC)n(CCn2cc(C(=O)O)nn2)n1. The summed E-state index contributed by atoms with van der Waals surface area (Å²) in [6, 6.07) is 2.10. The van der Waals surface area contributed by atoms with Crippen LogP contribution in [0.5, 0.6) is 0 Å². The lowest BCUT2D eigenvalue weighted by molar-refractivity contribution is 0.0690. The van der Waals surface area contributed by atoms with E-state index in [1.807, 2.05) is 4.68 Å². The summed E-state index contributed by atoms with van der Waals surface area (Å²) in [5.74, 6) is -1.06. The molecule has 2 heterocycles. The van der Waals surface area contributed by atoms with E-state index >= 15 is 0 Å². The van der Waals surface area contributed by atoms with Gasteiger partial charge in [-0.05, 0) is 18.9 Å². The van der Waals surface area contributed by atoms with E-state index in [4.69, 9.17) is 5.11 Å². The number of hydrogen-bond acceptors (Lipinski definition) is 4. The van der Waals surface area contributed by atoms with E-state index in [1.54, 1.807) is 0 Å². The molecule has 0 atom stereocenters. The number of carbonyl (C=O) groups is 1. The van der Waals surface area contributed by atoms with Crippen LogP contribution in [0, 0.1) is 0 Å². The van der Waals surface area contributed by atoms with Gasteiger partial charge in [0.1, 0.15) is 0 Å². The summed E-state index contributed by atoms with van der Waals surface area (Å²) in [6.45, 7) is 5.37. The highest BCUT2D eigenvalue weighted by molar-refractivity contribution is 5.84. The second-order valence-electron chi connectivity index (χ2n) is 4.23. The summed E-state index contributed by atoms with van der Waals surface area (Å²) in [5, 5.41) is 20.6. The van der Waals surface area contributed by atoms with E-state index in [0.717, 1.165) is 18.5 Å². The highest BCUT2D eigenvalue weighted by Crippen LogP contribution is 2.06. The summed E-state index contributed by atoms with van der Waals surface area (Å²) in [7, 11) is 0. The molecule has 0 unspecified atom stereocenters. The molecule has 0 saturated carbocycles. The third kappa shape index (κ3) is 2.98. The molecule has 0 fully saturated rings. The van der Waals surface area contributed by atoms with Gasteiger partial charge < -0.3 is 5.11 Å².